The van der Waals surface area contributed by atoms with E-state index in [0.29, 0.717) is 12.8 Å². The van der Waals surface area contributed by atoms with Gasteiger partial charge < -0.3 is 0 Å². The van der Waals surface area contributed by atoms with Gasteiger partial charge in [0.05, 0.1) is 11.8 Å². The highest BCUT2D eigenvalue weighted by Crippen LogP contribution is 1.92. The maximum absolute atomic E-state index is 10.4. The molecule has 0 bridgehead atoms. The van der Waals surface area contributed by atoms with E-state index in [1.807, 2.05) is 0 Å². The molecule has 0 aromatic carbocycles. The molecule has 0 unspecified atom stereocenters. The van der Waals surface area contributed by atoms with Crippen molar-refractivity contribution in [1.82, 2.24) is 0 Å². The number of nitriles is 1. The topological polar surface area (TPSA) is 83.9 Å². The van der Waals surface area contributed by atoms with Crippen molar-refractivity contribution in [2.45, 2.75) is 12.8 Å². The van der Waals surface area contributed by atoms with Gasteiger partial charge in [-0.15, -0.1) is 0 Å². The Morgan fingerprint density at radius 1 is 1.55 bits per heavy atom. The molecule has 0 aliphatic carbocycles. The summed E-state index contributed by atoms with van der Waals surface area (Å²) >= 11 is 0. The van der Waals surface area contributed by atoms with Gasteiger partial charge in [-0.1, -0.05) is 6.08 Å². The molecular weight excluding hydrogens is 164 g/mol. The first kappa shape index (κ1) is 10.1. The summed E-state index contributed by atoms with van der Waals surface area (Å²) in [6, 6.07) is 1.80. The lowest BCUT2D eigenvalue weighted by atomic mass is 10.3. The zero-order valence-corrected chi connectivity index (χ0v) is 6.84. The summed E-state index contributed by atoms with van der Waals surface area (Å²) in [5.74, 6) is -0.0250. The van der Waals surface area contributed by atoms with Crippen LogP contribution in [-0.2, 0) is 10.0 Å². The lowest BCUT2D eigenvalue weighted by molar-refractivity contribution is 0.595. The molecule has 0 spiro atoms. The number of allylic oxidation sites excluding steroid dienone is 2. The van der Waals surface area contributed by atoms with Crippen LogP contribution in [0.5, 0.6) is 0 Å². The molecule has 62 valence electrons. The fourth-order valence-corrected chi connectivity index (χ4v) is 1.11. The van der Waals surface area contributed by atoms with Gasteiger partial charge in [-0.05, 0) is 12.8 Å². The zero-order chi connectivity index (χ0) is 8.74. The van der Waals surface area contributed by atoms with Crippen molar-refractivity contribution in [3.8, 4) is 6.07 Å². The minimum atomic E-state index is -3.33. The van der Waals surface area contributed by atoms with E-state index in [1.165, 1.54) is 6.08 Å². The van der Waals surface area contributed by atoms with E-state index in [2.05, 4.69) is 0 Å². The fourth-order valence-electron chi connectivity index (χ4n) is 0.538. The normalized spacial score (nSPS) is 11.6. The average Bonchev–Trinajstić information content (AvgIpc) is 1.85. The van der Waals surface area contributed by atoms with Gasteiger partial charge in [0.1, 0.15) is 0 Å². The summed E-state index contributed by atoms with van der Waals surface area (Å²) in [7, 11) is -3.33. The quantitative estimate of drug-likeness (QED) is 0.485. The van der Waals surface area contributed by atoms with Crippen LogP contribution in [0.3, 0.4) is 0 Å². The lowest BCUT2D eigenvalue weighted by Gasteiger charge is -1.92. The summed E-state index contributed by atoms with van der Waals surface area (Å²) in [4.78, 5) is 0. The first-order valence-electron chi connectivity index (χ1n) is 3.11. The smallest absolute Gasteiger partial charge is 0.209 e. The van der Waals surface area contributed by atoms with Crippen LogP contribution in [0.4, 0.5) is 0 Å². The highest BCUT2D eigenvalue weighted by Gasteiger charge is 1.99. The highest BCUT2D eigenvalue weighted by atomic mass is 32.2. The molecule has 0 radical (unpaired) electrons. The summed E-state index contributed by atoms with van der Waals surface area (Å²) in [5, 5.41) is 12.8. The van der Waals surface area contributed by atoms with Crippen LogP contribution < -0.4 is 5.14 Å². The van der Waals surface area contributed by atoms with Gasteiger partial charge in [0.25, 0.3) is 0 Å². The molecule has 0 atom stereocenters. The second-order valence-corrected chi connectivity index (χ2v) is 3.77. The Balaban J connectivity index is 3.46. The molecule has 0 rings (SSSR count). The van der Waals surface area contributed by atoms with Crippen LogP contribution >= 0.6 is 0 Å². The number of hydrogen-bond acceptors (Lipinski definition) is 3. The molecular formula is C6H10N2O2S. The average molecular weight is 174 g/mol. The van der Waals surface area contributed by atoms with Crippen molar-refractivity contribution in [1.29, 1.82) is 5.26 Å². The van der Waals surface area contributed by atoms with E-state index in [0.717, 1.165) is 0 Å². The van der Waals surface area contributed by atoms with E-state index < -0.39 is 10.0 Å². The lowest BCUT2D eigenvalue weighted by Crippen LogP contribution is -2.15. The second kappa shape index (κ2) is 4.88. The van der Waals surface area contributed by atoms with Gasteiger partial charge in [0, 0.05) is 6.08 Å². The van der Waals surface area contributed by atoms with Crippen molar-refractivity contribution in [3.05, 3.63) is 12.2 Å². The number of sulfonamides is 1. The first-order valence-corrected chi connectivity index (χ1v) is 4.83. The Morgan fingerprint density at radius 3 is 2.64 bits per heavy atom. The third-order valence-electron chi connectivity index (χ3n) is 0.992. The summed E-state index contributed by atoms with van der Waals surface area (Å²) in [6.07, 6.45) is 3.98. The Bertz CT molecular complexity index is 261. The minimum Gasteiger partial charge on any atom is -0.229 e. The molecule has 0 aromatic heterocycles. The molecule has 0 fully saturated rings. The molecule has 5 heteroatoms. The SMILES string of the molecule is N#CC=CCCCS(N)(=O)=O. The predicted octanol–water partition coefficient (Wildman–Crippen LogP) is 0.135. The van der Waals surface area contributed by atoms with Crippen LogP contribution in [0, 0.1) is 11.3 Å². The Labute approximate surface area is 66.4 Å². The number of nitrogens with zero attached hydrogens (tertiary/aromatic N) is 1. The molecule has 0 aliphatic rings. The molecule has 0 aromatic rings. The van der Waals surface area contributed by atoms with Crippen molar-refractivity contribution >= 4 is 10.0 Å². The Kier molecular flexibility index (Phi) is 4.50. The van der Waals surface area contributed by atoms with Gasteiger partial charge >= 0.3 is 0 Å². The standard InChI is InChI=1S/C6H10N2O2S/c7-5-3-1-2-4-6-11(8,9)10/h1,3H,2,4,6H2,(H2,8,9,10). The third kappa shape index (κ3) is 9.14. The summed E-state index contributed by atoms with van der Waals surface area (Å²) in [6.45, 7) is 0. The molecule has 0 amide bonds. The van der Waals surface area contributed by atoms with E-state index in [4.69, 9.17) is 10.4 Å². The van der Waals surface area contributed by atoms with E-state index >= 15 is 0 Å². The highest BCUT2D eigenvalue weighted by molar-refractivity contribution is 7.89. The van der Waals surface area contributed by atoms with Crippen LogP contribution in [-0.4, -0.2) is 14.2 Å². The van der Waals surface area contributed by atoms with Crippen LogP contribution in [0.1, 0.15) is 12.8 Å². The van der Waals surface area contributed by atoms with Crippen molar-refractivity contribution < 1.29 is 8.42 Å². The molecule has 0 aliphatic heterocycles. The maximum atomic E-state index is 10.4. The maximum Gasteiger partial charge on any atom is 0.209 e. The van der Waals surface area contributed by atoms with Gasteiger partial charge in [0.2, 0.25) is 10.0 Å². The number of hydrogen-bond donors (Lipinski definition) is 1. The second-order valence-electron chi connectivity index (χ2n) is 2.04. The van der Waals surface area contributed by atoms with Crippen molar-refractivity contribution in [2.24, 2.45) is 5.14 Å². The number of unbranched alkanes of at least 4 members (excludes halogenated alkanes) is 1. The zero-order valence-electron chi connectivity index (χ0n) is 6.03. The first-order chi connectivity index (χ1) is 5.06. The predicted molar refractivity (Wildman–Crippen MR) is 42.0 cm³/mol. The Hall–Kier alpha value is -0.860. The number of rotatable bonds is 4. The number of primary sulfonamides is 1. The molecule has 0 saturated heterocycles. The van der Waals surface area contributed by atoms with Crippen LogP contribution in [0.25, 0.3) is 0 Å². The van der Waals surface area contributed by atoms with E-state index in [1.54, 1.807) is 12.1 Å². The molecule has 0 saturated carbocycles. The van der Waals surface area contributed by atoms with Crippen LogP contribution in [0.2, 0.25) is 0 Å². The minimum absolute atomic E-state index is 0.0250. The largest absolute Gasteiger partial charge is 0.229 e. The molecule has 0 heterocycles. The van der Waals surface area contributed by atoms with E-state index in [9.17, 15) is 8.42 Å². The van der Waals surface area contributed by atoms with Crippen LogP contribution in [0.15, 0.2) is 12.2 Å². The summed E-state index contributed by atoms with van der Waals surface area (Å²) < 4.78 is 20.7. The van der Waals surface area contributed by atoms with Gasteiger partial charge in [-0.2, -0.15) is 5.26 Å². The molecule has 2 N–H and O–H groups in total. The van der Waals surface area contributed by atoms with Gasteiger partial charge in [0.15, 0.2) is 0 Å². The molecule has 4 nitrogen and oxygen atoms in total. The van der Waals surface area contributed by atoms with Gasteiger partial charge in [-0.25, -0.2) is 13.6 Å². The van der Waals surface area contributed by atoms with Gasteiger partial charge in [-0.3, -0.25) is 0 Å². The monoisotopic (exact) mass is 174 g/mol. The molecule has 11 heavy (non-hydrogen) atoms. The van der Waals surface area contributed by atoms with Crippen molar-refractivity contribution in [3.63, 3.8) is 0 Å². The third-order valence-corrected chi connectivity index (χ3v) is 1.85. The fraction of sp³-hybridized carbons (Fsp3) is 0.500. The van der Waals surface area contributed by atoms with Crippen molar-refractivity contribution in [2.75, 3.05) is 5.75 Å². The Morgan fingerprint density at radius 2 is 2.18 bits per heavy atom. The van der Waals surface area contributed by atoms with E-state index in [-0.39, 0.29) is 5.75 Å². The summed E-state index contributed by atoms with van der Waals surface area (Å²) in [5.41, 5.74) is 0. The number of nitrogens with two attached hydrogens (primary N) is 1.